The van der Waals surface area contributed by atoms with E-state index in [9.17, 15) is 18.0 Å². The number of aliphatic carboxylic acids is 1. The van der Waals surface area contributed by atoms with Crippen LogP contribution < -0.4 is 10.1 Å². The summed E-state index contributed by atoms with van der Waals surface area (Å²) in [5.41, 5.74) is -0.488. The molecule has 1 aliphatic rings. The predicted molar refractivity (Wildman–Crippen MR) is 85.8 cm³/mol. The molecule has 0 spiro atoms. The van der Waals surface area contributed by atoms with Gasteiger partial charge in [-0.05, 0) is 43.9 Å². The molecule has 0 bridgehead atoms. The van der Waals surface area contributed by atoms with E-state index in [2.05, 4.69) is 5.32 Å². The summed E-state index contributed by atoms with van der Waals surface area (Å²) in [5, 5.41) is 12.1. The van der Waals surface area contributed by atoms with Gasteiger partial charge in [-0.2, -0.15) is 13.2 Å². The van der Waals surface area contributed by atoms with E-state index in [1.807, 2.05) is 0 Å². The minimum Gasteiger partial charge on any atom is -0.489 e. The van der Waals surface area contributed by atoms with Crippen LogP contribution in [0.3, 0.4) is 0 Å². The Labute approximate surface area is 144 Å². The molecule has 0 aromatic heterocycles. The van der Waals surface area contributed by atoms with Crippen molar-refractivity contribution in [3.05, 3.63) is 23.8 Å². The molecular weight excluding hydrogens is 339 g/mol. The van der Waals surface area contributed by atoms with Gasteiger partial charge in [0.25, 0.3) is 0 Å². The third kappa shape index (κ3) is 5.52. The Morgan fingerprint density at radius 3 is 2.48 bits per heavy atom. The van der Waals surface area contributed by atoms with Gasteiger partial charge in [-0.3, -0.25) is 4.79 Å². The summed E-state index contributed by atoms with van der Waals surface area (Å²) in [4.78, 5) is 11.0. The molecule has 0 aliphatic heterocycles. The molecule has 1 aliphatic carbocycles. The van der Waals surface area contributed by atoms with Gasteiger partial charge >= 0.3 is 12.1 Å². The van der Waals surface area contributed by atoms with Gasteiger partial charge < -0.3 is 19.9 Å². The lowest BCUT2D eigenvalue weighted by Gasteiger charge is -2.28. The number of methoxy groups -OCH3 is 1. The second-order valence-electron chi connectivity index (χ2n) is 6.08. The molecule has 5 nitrogen and oxygen atoms in total. The molecule has 0 radical (unpaired) electrons. The Kier molecular flexibility index (Phi) is 6.52. The monoisotopic (exact) mass is 361 g/mol. The molecule has 1 saturated carbocycles. The molecule has 1 aromatic carbocycles. The molecule has 8 heteroatoms. The third-order valence-electron chi connectivity index (χ3n) is 4.29. The summed E-state index contributed by atoms with van der Waals surface area (Å²) in [5.74, 6) is -0.872. The van der Waals surface area contributed by atoms with Crippen LogP contribution in [0.2, 0.25) is 0 Å². The van der Waals surface area contributed by atoms with E-state index in [1.165, 1.54) is 13.2 Å². The van der Waals surface area contributed by atoms with Gasteiger partial charge in [0, 0.05) is 13.2 Å². The maximum absolute atomic E-state index is 13.0. The number of carboxylic acid groups (broad SMARTS) is 1. The molecule has 0 heterocycles. The van der Waals surface area contributed by atoms with Gasteiger partial charge in [0.2, 0.25) is 0 Å². The summed E-state index contributed by atoms with van der Waals surface area (Å²) in [7, 11) is 1.51. The van der Waals surface area contributed by atoms with E-state index >= 15 is 0 Å². The van der Waals surface area contributed by atoms with Crippen LogP contribution in [0.5, 0.6) is 5.75 Å². The fourth-order valence-corrected chi connectivity index (χ4v) is 2.88. The van der Waals surface area contributed by atoms with E-state index < -0.39 is 17.7 Å². The topological polar surface area (TPSA) is 67.8 Å². The zero-order chi connectivity index (χ0) is 18.4. The summed E-state index contributed by atoms with van der Waals surface area (Å²) < 4.78 is 49.3. The summed E-state index contributed by atoms with van der Waals surface area (Å²) in [6.07, 6.45) is -2.25. The fourth-order valence-electron chi connectivity index (χ4n) is 2.88. The third-order valence-corrected chi connectivity index (χ3v) is 4.29. The number of hydrogen-bond donors (Lipinski definition) is 2. The van der Waals surface area contributed by atoms with Crippen molar-refractivity contribution in [1.29, 1.82) is 0 Å². The van der Waals surface area contributed by atoms with Crippen LogP contribution in [-0.2, 0) is 15.7 Å². The quantitative estimate of drug-likeness (QED) is 0.724. The molecule has 0 amide bonds. The molecular formula is C17H22F3NO4. The lowest BCUT2D eigenvalue weighted by Crippen LogP contribution is -2.29. The van der Waals surface area contributed by atoms with Crippen LogP contribution in [0, 0.1) is 5.92 Å². The fraction of sp³-hybridized carbons (Fsp3) is 0.588. The number of benzene rings is 1. The number of alkyl halides is 3. The van der Waals surface area contributed by atoms with E-state index in [0.29, 0.717) is 38.0 Å². The average Bonchev–Trinajstić information content (AvgIpc) is 2.56. The molecule has 25 heavy (non-hydrogen) atoms. The molecule has 1 aromatic rings. The van der Waals surface area contributed by atoms with Crippen LogP contribution in [-0.4, -0.2) is 37.4 Å². The second-order valence-corrected chi connectivity index (χ2v) is 6.08. The Balaban J connectivity index is 2.11. The van der Waals surface area contributed by atoms with Gasteiger partial charge in [-0.25, -0.2) is 0 Å². The van der Waals surface area contributed by atoms with Crippen molar-refractivity contribution in [1.82, 2.24) is 0 Å². The standard InChI is InChI=1S/C17H22F3NO4/c1-24-8-9-25-15-7-4-12(17(18,19)20)10-14(15)21-13-5-2-11(3-6-13)16(22)23/h4,7,10-11,13,21H,2-3,5-6,8-9H2,1H3,(H,22,23). The molecule has 1 fully saturated rings. The van der Waals surface area contributed by atoms with Gasteiger partial charge in [0.05, 0.1) is 23.8 Å². The lowest BCUT2D eigenvalue weighted by atomic mass is 9.86. The van der Waals surface area contributed by atoms with Crippen molar-refractivity contribution in [2.24, 2.45) is 5.92 Å². The number of carbonyl (C=O) groups is 1. The molecule has 140 valence electrons. The Morgan fingerprint density at radius 2 is 1.92 bits per heavy atom. The number of rotatable bonds is 7. The zero-order valence-corrected chi connectivity index (χ0v) is 13.9. The van der Waals surface area contributed by atoms with Crippen molar-refractivity contribution < 1.29 is 32.5 Å². The average molecular weight is 361 g/mol. The van der Waals surface area contributed by atoms with E-state index in [-0.39, 0.29) is 24.3 Å². The number of halogens is 3. The van der Waals surface area contributed by atoms with Gasteiger partial charge in [-0.15, -0.1) is 0 Å². The first-order valence-electron chi connectivity index (χ1n) is 8.13. The highest BCUT2D eigenvalue weighted by molar-refractivity contribution is 5.70. The number of hydrogen-bond acceptors (Lipinski definition) is 4. The van der Waals surface area contributed by atoms with Crippen molar-refractivity contribution in [2.45, 2.75) is 37.9 Å². The van der Waals surface area contributed by atoms with Gasteiger partial charge in [0.15, 0.2) is 0 Å². The number of carboxylic acids is 1. The molecule has 0 saturated heterocycles. The first-order chi connectivity index (χ1) is 11.8. The minimum atomic E-state index is -4.44. The number of anilines is 1. The number of nitrogens with one attached hydrogen (secondary N) is 1. The first-order valence-corrected chi connectivity index (χ1v) is 8.13. The largest absolute Gasteiger partial charge is 0.489 e. The van der Waals surface area contributed by atoms with Crippen molar-refractivity contribution in [2.75, 3.05) is 25.6 Å². The number of ether oxygens (including phenoxy) is 2. The maximum atomic E-state index is 13.0. The summed E-state index contributed by atoms with van der Waals surface area (Å²) in [6.45, 7) is 0.548. The second kappa shape index (κ2) is 8.42. The van der Waals surface area contributed by atoms with Crippen LogP contribution >= 0.6 is 0 Å². The Bertz CT molecular complexity index is 584. The molecule has 2 rings (SSSR count). The SMILES string of the molecule is COCCOc1ccc(C(F)(F)F)cc1NC1CCC(C(=O)O)CC1. The first kappa shape index (κ1) is 19.4. The van der Waals surface area contributed by atoms with E-state index in [4.69, 9.17) is 14.6 Å². The van der Waals surface area contributed by atoms with E-state index in [1.54, 1.807) is 0 Å². The van der Waals surface area contributed by atoms with Crippen LogP contribution in [0.15, 0.2) is 18.2 Å². The van der Waals surface area contributed by atoms with Crippen LogP contribution in [0.25, 0.3) is 0 Å². The Hall–Kier alpha value is -1.96. The highest BCUT2D eigenvalue weighted by atomic mass is 19.4. The highest BCUT2D eigenvalue weighted by Crippen LogP contribution is 2.36. The normalized spacial score (nSPS) is 21.0. The maximum Gasteiger partial charge on any atom is 0.416 e. The predicted octanol–water partition coefficient (Wildman–Crippen LogP) is 3.79. The van der Waals surface area contributed by atoms with Crippen molar-refractivity contribution >= 4 is 11.7 Å². The van der Waals surface area contributed by atoms with Gasteiger partial charge in [-0.1, -0.05) is 0 Å². The Morgan fingerprint density at radius 1 is 1.24 bits per heavy atom. The van der Waals surface area contributed by atoms with E-state index in [0.717, 1.165) is 12.1 Å². The summed E-state index contributed by atoms with van der Waals surface area (Å²) >= 11 is 0. The minimum absolute atomic E-state index is 0.0798. The lowest BCUT2D eigenvalue weighted by molar-refractivity contribution is -0.142. The smallest absolute Gasteiger partial charge is 0.416 e. The zero-order valence-electron chi connectivity index (χ0n) is 13.9. The van der Waals surface area contributed by atoms with Crippen LogP contribution in [0.4, 0.5) is 18.9 Å². The van der Waals surface area contributed by atoms with Crippen molar-refractivity contribution in [3.8, 4) is 5.75 Å². The van der Waals surface area contributed by atoms with Crippen LogP contribution in [0.1, 0.15) is 31.2 Å². The van der Waals surface area contributed by atoms with Gasteiger partial charge in [0.1, 0.15) is 12.4 Å². The molecule has 2 N–H and O–H groups in total. The van der Waals surface area contributed by atoms with Crippen molar-refractivity contribution in [3.63, 3.8) is 0 Å². The highest BCUT2D eigenvalue weighted by Gasteiger charge is 2.32. The summed E-state index contributed by atoms with van der Waals surface area (Å²) in [6, 6.07) is 3.23. The molecule has 0 unspecified atom stereocenters. The molecule has 0 atom stereocenters.